The van der Waals surface area contributed by atoms with Crippen LogP contribution >= 0.6 is 0 Å². The molecule has 0 fully saturated rings. The molecular weight excluding hydrogens is 407 g/mol. The highest BCUT2D eigenvalue weighted by Gasteiger charge is 2.31. The Kier molecular flexibility index (Phi) is 7.55. The van der Waals surface area contributed by atoms with E-state index in [1.807, 2.05) is 31.2 Å². The Labute approximate surface area is 179 Å². The van der Waals surface area contributed by atoms with Crippen LogP contribution in [0.2, 0.25) is 0 Å². The number of anilines is 1. The van der Waals surface area contributed by atoms with Crippen LogP contribution in [-0.2, 0) is 12.3 Å². The van der Waals surface area contributed by atoms with Crippen molar-refractivity contribution in [2.45, 2.75) is 45.5 Å². The fourth-order valence-electron chi connectivity index (χ4n) is 3.11. The van der Waals surface area contributed by atoms with Crippen LogP contribution in [0.15, 0.2) is 47.0 Å². The number of halogens is 3. The lowest BCUT2D eigenvalue weighted by Crippen LogP contribution is -2.07. The van der Waals surface area contributed by atoms with Crippen molar-refractivity contribution in [3.05, 3.63) is 60.0 Å². The first-order valence-electron chi connectivity index (χ1n) is 10.3. The molecular formula is C23H26F3N3O2. The average Bonchev–Trinajstić information content (AvgIpc) is 3.22. The van der Waals surface area contributed by atoms with E-state index in [1.165, 1.54) is 6.07 Å². The lowest BCUT2D eigenvalue weighted by molar-refractivity contribution is -0.0158. The Hall–Kier alpha value is -3.03. The third-order valence-corrected chi connectivity index (χ3v) is 4.69. The summed E-state index contributed by atoms with van der Waals surface area (Å²) in [6, 6.07) is 12.3. The highest BCUT2D eigenvalue weighted by Crippen LogP contribution is 2.28. The van der Waals surface area contributed by atoms with Gasteiger partial charge < -0.3 is 14.6 Å². The van der Waals surface area contributed by atoms with Gasteiger partial charge in [0.25, 0.3) is 5.89 Å². The molecule has 0 radical (unpaired) electrons. The first-order chi connectivity index (χ1) is 14.9. The van der Waals surface area contributed by atoms with E-state index in [9.17, 15) is 13.2 Å². The number of alkyl halides is 2. The van der Waals surface area contributed by atoms with E-state index in [1.54, 1.807) is 12.1 Å². The monoisotopic (exact) mass is 433 g/mol. The number of nitrogens with one attached hydrogen (secondary N) is 1. The minimum atomic E-state index is -3.12. The lowest BCUT2D eigenvalue weighted by Gasteiger charge is -2.10. The first kappa shape index (κ1) is 22.7. The normalized spacial score (nSPS) is 11.5. The summed E-state index contributed by atoms with van der Waals surface area (Å²) in [5.74, 6) is -3.01. The molecule has 0 aliphatic carbocycles. The van der Waals surface area contributed by atoms with Crippen LogP contribution < -0.4 is 10.1 Å². The minimum Gasteiger partial charge on any atom is -0.494 e. The van der Waals surface area contributed by atoms with Crippen LogP contribution in [0.3, 0.4) is 0 Å². The number of benzene rings is 2. The Morgan fingerprint density at radius 2 is 1.84 bits per heavy atom. The van der Waals surface area contributed by atoms with Crippen molar-refractivity contribution in [1.29, 1.82) is 0 Å². The molecule has 3 aromatic rings. The molecule has 0 saturated heterocycles. The zero-order valence-electron chi connectivity index (χ0n) is 17.6. The number of nitrogens with zero attached hydrogens (tertiary/aromatic N) is 2. The molecule has 0 bridgehead atoms. The SMILES string of the molecule is CCOc1ccc(-c2cc(NCCCCCc3noc(C(C)(F)F)n3)ccc2F)cc1. The van der Waals surface area contributed by atoms with Crippen LogP contribution in [0.25, 0.3) is 11.1 Å². The molecule has 0 aliphatic heterocycles. The molecule has 0 saturated carbocycles. The summed E-state index contributed by atoms with van der Waals surface area (Å²) in [6.07, 6.45) is 2.98. The fourth-order valence-corrected chi connectivity index (χ4v) is 3.11. The molecule has 0 unspecified atom stereocenters. The van der Waals surface area contributed by atoms with E-state index in [2.05, 4.69) is 20.0 Å². The lowest BCUT2D eigenvalue weighted by atomic mass is 10.0. The molecule has 8 heteroatoms. The van der Waals surface area contributed by atoms with Gasteiger partial charge in [-0.05, 0) is 55.7 Å². The van der Waals surface area contributed by atoms with Gasteiger partial charge in [0.2, 0.25) is 0 Å². The van der Waals surface area contributed by atoms with Gasteiger partial charge in [0.05, 0.1) is 6.61 Å². The predicted octanol–water partition coefficient (Wildman–Crippen LogP) is 6.21. The van der Waals surface area contributed by atoms with Crippen molar-refractivity contribution in [3.63, 3.8) is 0 Å². The van der Waals surface area contributed by atoms with Crippen molar-refractivity contribution < 1.29 is 22.4 Å². The quantitative estimate of drug-likeness (QED) is 0.364. The van der Waals surface area contributed by atoms with E-state index in [0.29, 0.717) is 31.0 Å². The standard InChI is InChI=1S/C23H26F3N3O2/c1-3-30-18-11-8-16(9-12-18)19-15-17(10-13-20(19)24)27-14-6-4-5-7-21-28-22(31-29-21)23(2,25)26/h8-13,15,27H,3-7,14H2,1-2H3. The number of aromatic nitrogens is 2. The molecule has 0 spiro atoms. The molecule has 1 aromatic heterocycles. The summed E-state index contributed by atoms with van der Waals surface area (Å²) in [6.45, 7) is 3.93. The van der Waals surface area contributed by atoms with Gasteiger partial charge in [-0.15, -0.1) is 0 Å². The van der Waals surface area contributed by atoms with Gasteiger partial charge in [-0.1, -0.05) is 23.7 Å². The van der Waals surface area contributed by atoms with Gasteiger partial charge in [-0.2, -0.15) is 13.8 Å². The van der Waals surface area contributed by atoms with Gasteiger partial charge >= 0.3 is 5.92 Å². The van der Waals surface area contributed by atoms with Crippen molar-refractivity contribution in [1.82, 2.24) is 10.1 Å². The smallest absolute Gasteiger partial charge is 0.322 e. The first-order valence-corrected chi connectivity index (χ1v) is 10.3. The van der Waals surface area contributed by atoms with E-state index in [0.717, 1.165) is 43.2 Å². The molecule has 0 amide bonds. The Morgan fingerprint density at radius 1 is 1.06 bits per heavy atom. The van der Waals surface area contributed by atoms with Gasteiger partial charge in [0.1, 0.15) is 11.6 Å². The number of ether oxygens (including phenoxy) is 1. The van der Waals surface area contributed by atoms with Gasteiger partial charge in [-0.25, -0.2) is 4.39 Å². The zero-order chi connectivity index (χ0) is 22.3. The summed E-state index contributed by atoms with van der Waals surface area (Å²) in [4.78, 5) is 3.72. The molecule has 2 aromatic carbocycles. The maximum atomic E-state index is 14.3. The summed E-state index contributed by atoms with van der Waals surface area (Å²) >= 11 is 0. The Balaban J connectivity index is 1.45. The van der Waals surface area contributed by atoms with E-state index in [4.69, 9.17) is 4.74 Å². The number of hydrogen-bond acceptors (Lipinski definition) is 5. The van der Waals surface area contributed by atoms with Crippen molar-refractivity contribution >= 4 is 5.69 Å². The molecule has 0 aliphatic rings. The number of aryl methyl sites for hydroxylation is 1. The second kappa shape index (κ2) is 10.3. The number of hydrogen-bond donors (Lipinski definition) is 1. The third kappa shape index (κ3) is 6.47. The molecule has 0 atom stereocenters. The van der Waals surface area contributed by atoms with Crippen LogP contribution in [0.4, 0.5) is 18.9 Å². The fraction of sp³-hybridized carbons (Fsp3) is 0.391. The van der Waals surface area contributed by atoms with Crippen molar-refractivity contribution in [2.75, 3.05) is 18.5 Å². The summed E-state index contributed by atoms with van der Waals surface area (Å²) in [7, 11) is 0. The molecule has 1 N–H and O–H groups in total. The number of rotatable bonds is 11. The third-order valence-electron chi connectivity index (χ3n) is 4.69. The summed E-state index contributed by atoms with van der Waals surface area (Å²) in [5.41, 5.74) is 2.13. The molecule has 1 heterocycles. The van der Waals surface area contributed by atoms with E-state index in [-0.39, 0.29) is 5.82 Å². The number of unbranched alkanes of at least 4 members (excludes halogenated alkanes) is 2. The highest BCUT2D eigenvalue weighted by molar-refractivity contribution is 5.69. The molecule has 31 heavy (non-hydrogen) atoms. The molecule has 166 valence electrons. The second-order valence-electron chi connectivity index (χ2n) is 7.29. The van der Waals surface area contributed by atoms with Crippen LogP contribution in [0, 0.1) is 5.82 Å². The van der Waals surface area contributed by atoms with Crippen molar-refractivity contribution in [2.24, 2.45) is 0 Å². The van der Waals surface area contributed by atoms with Crippen LogP contribution in [-0.4, -0.2) is 23.3 Å². The summed E-state index contributed by atoms with van der Waals surface area (Å²) in [5, 5.41) is 6.88. The second-order valence-corrected chi connectivity index (χ2v) is 7.29. The Bertz CT molecular complexity index is 969. The van der Waals surface area contributed by atoms with Gasteiger partial charge in [-0.3, -0.25) is 0 Å². The van der Waals surface area contributed by atoms with Crippen molar-refractivity contribution in [3.8, 4) is 16.9 Å². The van der Waals surface area contributed by atoms with Gasteiger partial charge in [0, 0.05) is 31.1 Å². The summed E-state index contributed by atoms with van der Waals surface area (Å²) < 4.78 is 50.5. The highest BCUT2D eigenvalue weighted by atomic mass is 19.3. The largest absolute Gasteiger partial charge is 0.494 e. The van der Waals surface area contributed by atoms with Crippen LogP contribution in [0.5, 0.6) is 5.75 Å². The van der Waals surface area contributed by atoms with E-state index < -0.39 is 11.8 Å². The zero-order valence-corrected chi connectivity index (χ0v) is 17.6. The Morgan fingerprint density at radius 3 is 2.52 bits per heavy atom. The maximum Gasteiger partial charge on any atom is 0.322 e. The molecule has 3 rings (SSSR count). The predicted molar refractivity (Wildman–Crippen MR) is 113 cm³/mol. The molecule has 5 nitrogen and oxygen atoms in total. The van der Waals surface area contributed by atoms with E-state index >= 15 is 0 Å². The van der Waals surface area contributed by atoms with Gasteiger partial charge in [0.15, 0.2) is 5.82 Å². The average molecular weight is 433 g/mol. The topological polar surface area (TPSA) is 60.2 Å². The minimum absolute atomic E-state index is 0.285. The van der Waals surface area contributed by atoms with Crippen LogP contribution in [0.1, 0.15) is 44.8 Å². The maximum absolute atomic E-state index is 14.3.